The molecule has 106 valence electrons. The third-order valence-electron chi connectivity index (χ3n) is 3.76. The van der Waals surface area contributed by atoms with Gasteiger partial charge in [0.15, 0.2) is 0 Å². The summed E-state index contributed by atoms with van der Waals surface area (Å²) in [6.45, 7) is 0.104. The van der Waals surface area contributed by atoms with Gasteiger partial charge in [0.05, 0.1) is 23.3 Å². The van der Waals surface area contributed by atoms with Crippen molar-refractivity contribution in [1.29, 1.82) is 0 Å². The Morgan fingerprint density at radius 2 is 2.37 bits per heavy atom. The second kappa shape index (κ2) is 6.44. The topological polar surface area (TPSA) is 41.5 Å². The Labute approximate surface area is 127 Å². The van der Waals surface area contributed by atoms with Crippen molar-refractivity contribution in [1.82, 2.24) is 0 Å². The van der Waals surface area contributed by atoms with Gasteiger partial charge in [0.25, 0.3) is 0 Å². The molecule has 1 saturated carbocycles. The average Bonchev–Trinajstić information content (AvgIpc) is 2.43. The van der Waals surface area contributed by atoms with Gasteiger partial charge in [0.1, 0.15) is 0 Å². The van der Waals surface area contributed by atoms with Crippen LogP contribution in [0.5, 0.6) is 0 Å². The predicted molar refractivity (Wildman–Crippen MR) is 81.9 cm³/mol. The fraction of sp³-hybridized carbons (Fsp3) is 0.571. The first kappa shape index (κ1) is 15.1. The van der Waals surface area contributed by atoms with Crippen molar-refractivity contribution in [2.75, 3.05) is 19.0 Å². The highest BCUT2D eigenvalue weighted by Gasteiger charge is 2.36. The van der Waals surface area contributed by atoms with Crippen LogP contribution < -0.4 is 5.32 Å². The summed E-state index contributed by atoms with van der Waals surface area (Å²) in [4.78, 5) is 0. The summed E-state index contributed by atoms with van der Waals surface area (Å²) in [7, 11) is 1.73. The van der Waals surface area contributed by atoms with Crippen molar-refractivity contribution in [3.05, 3.63) is 27.7 Å². The van der Waals surface area contributed by atoms with E-state index in [2.05, 4.69) is 21.2 Å². The number of benzene rings is 1. The summed E-state index contributed by atoms with van der Waals surface area (Å²) in [5, 5.41) is 13.9. The molecule has 2 rings (SSSR count). The van der Waals surface area contributed by atoms with Crippen molar-refractivity contribution in [2.24, 2.45) is 0 Å². The van der Waals surface area contributed by atoms with Gasteiger partial charge in [0, 0.05) is 17.3 Å². The second-order valence-electron chi connectivity index (χ2n) is 5.15. The molecule has 0 radical (unpaired) electrons. The van der Waals surface area contributed by atoms with Crippen LogP contribution in [0.15, 0.2) is 22.7 Å². The number of halogens is 2. The van der Waals surface area contributed by atoms with E-state index in [1.165, 1.54) is 0 Å². The van der Waals surface area contributed by atoms with E-state index in [-0.39, 0.29) is 18.2 Å². The standard InChI is InChI=1S/C14H19BrClNO2/c1-19-11-3-2-6-14(8-11,9-18)17-10-4-5-13(16)12(15)7-10/h4-5,7,11,17-18H,2-3,6,8-9H2,1H3. The fourth-order valence-corrected chi connectivity index (χ4v) is 3.18. The molecule has 1 aliphatic carbocycles. The van der Waals surface area contributed by atoms with E-state index in [9.17, 15) is 5.11 Å². The van der Waals surface area contributed by atoms with E-state index in [1.54, 1.807) is 7.11 Å². The molecule has 0 heterocycles. The SMILES string of the molecule is COC1CCCC(CO)(Nc2ccc(Cl)c(Br)c2)C1. The number of ether oxygens (including phenoxy) is 1. The number of aliphatic hydroxyl groups excluding tert-OH is 1. The van der Waals surface area contributed by atoms with E-state index in [4.69, 9.17) is 16.3 Å². The minimum Gasteiger partial charge on any atom is -0.394 e. The van der Waals surface area contributed by atoms with Gasteiger partial charge < -0.3 is 15.2 Å². The number of aliphatic hydroxyl groups is 1. The molecule has 3 nitrogen and oxygen atoms in total. The van der Waals surface area contributed by atoms with Crippen LogP contribution in [-0.2, 0) is 4.74 Å². The van der Waals surface area contributed by atoms with E-state index in [0.29, 0.717) is 5.02 Å². The lowest BCUT2D eigenvalue weighted by atomic mass is 9.80. The quantitative estimate of drug-likeness (QED) is 0.869. The highest BCUT2D eigenvalue weighted by atomic mass is 79.9. The zero-order valence-electron chi connectivity index (χ0n) is 11.0. The zero-order valence-corrected chi connectivity index (χ0v) is 13.3. The van der Waals surface area contributed by atoms with Gasteiger partial charge in [0.2, 0.25) is 0 Å². The molecule has 1 fully saturated rings. The molecule has 0 bridgehead atoms. The third kappa shape index (κ3) is 3.63. The Morgan fingerprint density at radius 1 is 1.58 bits per heavy atom. The number of anilines is 1. The van der Waals surface area contributed by atoms with Crippen molar-refractivity contribution in [2.45, 2.75) is 37.3 Å². The van der Waals surface area contributed by atoms with Gasteiger partial charge in [-0.05, 0) is 59.8 Å². The Morgan fingerprint density at radius 3 is 3.00 bits per heavy atom. The zero-order chi connectivity index (χ0) is 13.9. The number of methoxy groups -OCH3 is 1. The Bertz CT molecular complexity index is 443. The number of nitrogens with one attached hydrogen (secondary N) is 1. The van der Waals surface area contributed by atoms with Crippen molar-refractivity contribution in [3.8, 4) is 0 Å². The molecular formula is C14H19BrClNO2. The van der Waals surface area contributed by atoms with Gasteiger partial charge in [-0.1, -0.05) is 11.6 Å². The molecule has 2 atom stereocenters. The maximum Gasteiger partial charge on any atom is 0.0662 e. The van der Waals surface area contributed by atoms with Crippen LogP contribution in [0.4, 0.5) is 5.69 Å². The number of hydrogen-bond donors (Lipinski definition) is 2. The number of hydrogen-bond acceptors (Lipinski definition) is 3. The van der Waals surface area contributed by atoms with Gasteiger partial charge in [-0.3, -0.25) is 0 Å². The molecule has 0 spiro atoms. The molecule has 1 aliphatic rings. The first-order chi connectivity index (χ1) is 9.08. The molecule has 5 heteroatoms. The first-order valence-electron chi connectivity index (χ1n) is 6.45. The Hall–Kier alpha value is -0.290. The maximum atomic E-state index is 9.78. The Balaban J connectivity index is 2.15. The van der Waals surface area contributed by atoms with Gasteiger partial charge >= 0.3 is 0 Å². The second-order valence-corrected chi connectivity index (χ2v) is 6.41. The van der Waals surface area contributed by atoms with E-state index >= 15 is 0 Å². The van der Waals surface area contributed by atoms with Crippen molar-refractivity contribution < 1.29 is 9.84 Å². The highest BCUT2D eigenvalue weighted by Crippen LogP contribution is 2.34. The molecule has 19 heavy (non-hydrogen) atoms. The maximum absolute atomic E-state index is 9.78. The van der Waals surface area contributed by atoms with E-state index in [1.807, 2.05) is 18.2 Å². The lowest BCUT2D eigenvalue weighted by Gasteiger charge is -2.40. The molecule has 1 aromatic rings. The van der Waals surface area contributed by atoms with Crippen LogP contribution >= 0.6 is 27.5 Å². The minimum atomic E-state index is -0.299. The van der Waals surface area contributed by atoms with Crippen LogP contribution in [-0.4, -0.2) is 30.5 Å². The summed E-state index contributed by atoms with van der Waals surface area (Å²) in [6, 6.07) is 5.72. The number of rotatable bonds is 4. The van der Waals surface area contributed by atoms with Crippen molar-refractivity contribution >= 4 is 33.2 Å². The lowest BCUT2D eigenvalue weighted by Crippen LogP contribution is -2.48. The molecule has 1 aromatic carbocycles. The summed E-state index contributed by atoms with van der Waals surface area (Å²) in [6.07, 6.45) is 4.10. The molecular weight excluding hydrogens is 330 g/mol. The molecule has 0 saturated heterocycles. The molecule has 2 unspecified atom stereocenters. The monoisotopic (exact) mass is 347 g/mol. The molecule has 2 N–H and O–H groups in total. The summed E-state index contributed by atoms with van der Waals surface area (Å²) < 4.78 is 6.30. The minimum absolute atomic E-state index is 0.104. The summed E-state index contributed by atoms with van der Waals surface area (Å²) >= 11 is 9.41. The predicted octanol–water partition coefficient (Wildman–Crippen LogP) is 3.83. The van der Waals surface area contributed by atoms with Gasteiger partial charge in [-0.2, -0.15) is 0 Å². The smallest absolute Gasteiger partial charge is 0.0662 e. The van der Waals surface area contributed by atoms with Crippen LogP contribution in [0.1, 0.15) is 25.7 Å². The van der Waals surface area contributed by atoms with Crippen LogP contribution in [0.2, 0.25) is 5.02 Å². The van der Waals surface area contributed by atoms with Crippen LogP contribution in [0.25, 0.3) is 0 Å². The van der Waals surface area contributed by atoms with Crippen LogP contribution in [0, 0.1) is 0 Å². The first-order valence-corrected chi connectivity index (χ1v) is 7.62. The van der Waals surface area contributed by atoms with Crippen molar-refractivity contribution in [3.63, 3.8) is 0 Å². The van der Waals surface area contributed by atoms with Gasteiger partial charge in [-0.25, -0.2) is 0 Å². The molecule has 0 aliphatic heterocycles. The summed E-state index contributed by atoms with van der Waals surface area (Å²) in [5.74, 6) is 0. The van der Waals surface area contributed by atoms with Gasteiger partial charge in [-0.15, -0.1) is 0 Å². The molecule has 0 aromatic heterocycles. The third-order valence-corrected chi connectivity index (χ3v) is 4.98. The summed E-state index contributed by atoms with van der Waals surface area (Å²) in [5.41, 5.74) is 0.661. The lowest BCUT2D eigenvalue weighted by molar-refractivity contribution is 0.0307. The highest BCUT2D eigenvalue weighted by molar-refractivity contribution is 9.10. The van der Waals surface area contributed by atoms with E-state index in [0.717, 1.165) is 35.8 Å². The van der Waals surface area contributed by atoms with E-state index < -0.39 is 0 Å². The Kier molecular flexibility index (Phi) is 5.12. The van der Waals surface area contributed by atoms with Crippen LogP contribution in [0.3, 0.4) is 0 Å². The fourth-order valence-electron chi connectivity index (χ4n) is 2.69. The largest absolute Gasteiger partial charge is 0.394 e. The normalized spacial score (nSPS) is 27.3. The molecule has 0 amide bonds. The average molecular weight is 349 g/mol.